The van der Waals surface area contributed by atoms with Crippen LogP contribution in [0.4, 0.5) is 10.5 Å². The van der Waals surface area contributed by atoms with E-state index in [-0.39, 0.29) is 12.0 Å². The summed E-state index contributed by atoms with van der Waals surface area (Å²) in [5.74, 6) is -0.0307. The minimum Gasteiger partial charge on any atom is -0.444 e. The zero-order valence-electron chi connectivity index (χ0n) is 15.0. The van der Waals surface area contributed by atoms with Crippen LogP contribution in [0, 0.1) is 0 Å². The standard InChI is InChI=1S/C18H26ClN3O3/c1-18(2,3)25-17(24)22-12-10-21(11-13-22)9-8-16(23)20-15-6-4-14(19)5-7-15/h4-7H,8-13H2,1-3H3,(H,20,23). The number of anilines is 1. The van der Waals surface area contributed by atoms with E-state index in [0.717, 1.165) is 18.8 Å². The molecule has 0 spiro atoms. The second kappa shape index (κ2) is 8.54. The smallest absolute Gasteiger partial charge is 0.410 e. The molecule has 0 unspecified atom stereocenters. The summed E-state index contributed by atoms with van der Waals surface area (Å²) in [6, 6.07) is 7.04. The zero-order chi connectivity index (χ0) is 18.4. The number of halogens is 1. The van der Waals surface area contributed by atoms with E-state index in [1.807, 2.05) is 20.8 Å². The molecule has 0 saturated carbocycles. The molecule has 0 aromatic heterocycles. The Bertz CT molecular complexity index is 591. The van der Waals surface area contributed by atoms with Gasteiger partial charge in [0.1, 0.15) is 5.60 Å². The summed E-state index contributed by atoms with van der Waals surface area (Å²) < 4.78 is 5.38. The maximum atomic E-state index is 12.0. The average Bonchev–Trinajstić information content (AvgIpc) is 2.54. The van der Waals surface area contributed by atoms with Crippen LogP contribution >= 0.6 is 11.6 Å². The molecule has 0 bridgehead atoms. The summed E-state index contributed by atoms with van der Waals surface area (Å²) in [7, 11) is 0. The van der Waals surface area contributed by atoms with Gasteiger partial charge in [0, 0.05) is 49.9 Å². The normalized spacial score (nSPS) is 15.8. The summed E-state index contributed by atoms with van der Waals surface area (Å²) in [4.78, 5) is 27.9. The molecule has 7 heteroatoms. The molecule has 1 heterocycles. The third-order valence-electron chi connectivity index (χ3n) is 3.81. The van der Waals surface area contributed by atoms with Gasteiger partial charge in [0.25, 0.3) is 0 Å². The third kappa shape index (κ3) is 6.92. The SMILES string of the molecule is CC(C)(C)OC(=O)N1CCN(CCC(=O)Nc2ccc(Cl)cc2)CC1. The first-order valence-corrected chi connectivity index (χ1v) is 8.86. The number of benzene rings is 1. The van der Waals surface area contributed by atoms with Crippen LogP contribution in [0.15, 0.2) is 24.3 Å². The summed E-state index contributed by atoms with van der Waals surface area (Å²) in [6.07, 6.45) is 0.141. The number of carbonyl (C=O) groups is 2. The van der Waals surface area contributed by atoms with Crippen molar-refractivity contribution < 1.29 is 14.3 Å². The zero-order valence-corrected chi connectivity index (χ0v) is 15.8. The summed E-state index contributed by atoms with van der Waals surface area (Å²) >= 11 is 5.82. The van der Waals surface area contributed by atoms with Crippen LogP contribution in [0.25, 0.3) is 0 Å². The molecule has 0 aliphatic carbocycles. The number of hydrogen-bond donors (Lipinski definition) is 1. The van der Waals surface area contributed by atoms with Crippen molar-refractivity contribution in [2.24, 2.45) is 0 Å². The number of ether oxygens (including phenoxy) is 1. The number of carbonyl (C=O) groups excluding carboxylic acids is 2. The monoisotopic (exact) mass is 367 g/mol. The van der Waals surface area contributed by atoms with E-state index in [0.29, 0.717) is 31.1 Å². The summed E-state index contributed by atoms with van der Waals surface area (Å²) in [5, 5.41) is 3.49. The molecule has 1 aliphatic heterocycles. The van der Waals surface area contributed by atoms with Gasteiger partial charge in [0.05, 0.1) is 0 Å². The Morgan fingerprint density at radius 1 is 1.12 bits per heavy atom. The van der Waals surface area contributed by atoms with Crippen LogP contribution in [0.5, 0.6) is 0 Å². The van der Waals surface area contributed by atoms with Crippen molar-refractivity contribution in [2.75, 3.05) is 38.0 Å². The van der Waals surface area contributed by atoms with Crippen LogP contribution in [0.2, 0.25) is 5.02 Å². The molecule has 0 atom stereocenters. The molecular formula is C18H26ClN3O3. The summed E-state index contributed by atoms with van der Waals surface area (Å²) in [5.41, 5.74) is 0.262. The molecule has 2 amide bonds. The highest BCUT2D eigenvalue weighted by atomic mass is 35.5. The highest BCUT2D eigenvalue weighted by Crippen LogP contribution is 2.14. The van der Waals surface area contributed by atoms with Crippen LogP contribution in [0.3, 0.4) is 0 Å². The van der Waals surface area contributed by atoms with Crippen LogP contribution in [-0.2, 0) is 9.53 Å². The Hall–Kier alpha value is -1.79. The lowest BCUT2D eigenvalue weighted by Gasteiger charge is -2.35. The van der Waals surface area contributed by atoms with Gasteiger partial charge in [-0.1, -0.05) is 11.6 Å². The van der Waals surface area contributed by atoms with Crippen molar-refractivity contribution in [3.05, 3.63) is 29.3 Å². The van der Waals surface area contributed by atoms with Gasteiger partial charge in [-0.05, 0) is 45.0 Å². The lowest BCUT2D eigenvalue weighted by Crippen LogP contribution is -2.50. The predicted octanol–water partition coefficient (Wildman–Crippen LogP) is 3.22. The number of amides is 2. The molecule has 2 rings (SSSR count). The molecule has 1 fully saturated rings. The fourth-order valence-electron chi connectivity index (χ4n) is 2.50. The lowest BCUT2D eigenvalue weighted by atomic mass is 10.2. The molecule has 1 aromatic rings. The van der Waals surface area contributed by atoms with E-state index in [2.05, 4.69) is 10.2 Å². The Balaban J connectivity index is 1.69. The first kappa shape index (κ1) is 19.5. The maximum absolute atomic E-state index is 12.0. The second-order valence-electron chi connectivity index (χ2n) is 7.11. The molecule has 0 radical (unpaired) electrons. The Morgan fingerprint density at radius 3 is 2.28 bits per heavy atom. The third-order valence-corrected chi connectivity index (χ3v) is 4.06. The minimum absolute atomic E-state index is 0.0307. The minimum atomic E-state index is -0.478. The van der Waals surface area contributed by atoms with Gasteiger partial charge < -0.3 is 15.0 Å². The van der Waals surface area contributed by atoms with E-state index in [1.54, 1.807) is 29.2 Å². The molecular weight excluding hydrogens is 342 g/mol. The Kier molecular flexibility index (Phi) is 6.67. The van der Waals surface area contributed by atoms with Crippen molar-refractivity contribution in [1.29, 1.82) is 0 Å². The number of rotatable bonds is 4. The van der Waals surface area contributed by atoms with Crippen LogP contribution in [0.1, 0.15) is 27.2 Å². The van der Waals surface area contributed by atoms with Gasteiger partial charge in [0.2, 0.25) is 5.91 Å². The molecule has 1 aliphatic rings. The highest BCUT2D eigenvalue weighted by molar-refractivity contribution is 6.30. The molecule has 25 heavy (non-hydrogen) atoms. The Labute approximate surface area is 154 Å². The van der Waals surface area contributed by atoms with E-state index >= 15 is 0 Å². The lowest BCUT2D eigenvalue weighted by molar-refractivity contribution is -0.116. The van der Waals surface area contributed by atoms with Crippen molar-refractivity contribution in [1.82, 2.24) is 9.80 Å². The van der Waals surface area contributed by atoms with Gasteiger partial charge in [-0.2, -0.15) is 0 Å². The maximum Gasteiger partial charge on any atom is 0.410 e. The van der Waals surface area contributed by atoms with Crippen molar-refractivity contribution in [3.63, 3.8) is 0 Å². The average molecular weight is 368 g/mol. The van der Waals surface area contributed by atoms with E-state index in [1.165, 1.54) is 0 Å². The molecule has 138 valence electrons. The highest BCUT2D eigenvalue weighted by Gasteiger charge is 2.25. The predicted molar refractivity (Wildman–Crippen MR) is 98.9 cm³/mol. The Morgan fingerprint density at radius 2 is 1.72 bits per heavy atom. The van der Waals surface area contributed by atoms with E-state index in [9.17, 15) is 9.59 Å². The second-order valence-corrected chi connectivity index (χ2v) is 7.55. The van der Waals surface area contributed by atoms with Gasteiger partial charge >= 0.3 is 6.09 Å². The molecule has 1 N–H and O–H groups in total. The first-order valence-electron chi connectivity index (χ1n) is 8.49. The van der Waals surface area contributed by atoms with Gasteiger partial charge in [-0.25, -0.2) is 4.79 Å². The largest absolute Gasteiger partial charge is 0.444 e. The summed E-state index contributed by atoms with van der Waals surface area (Å²) in [6.45, 7) is 8.98. The van der Waals surface area contributed by atoms with Crippen molar-refractivity contribution in [3.8, 4) is 0 Å². The quantitative estimate of drug-likeness (QED) is 0.887. The van der Waals surface area contributed by atoms with Crippen LogP contribution < -0.4 is 5.32 Å². The molecule has 1 saturated heterocycles. The first-order chi connectivity index (χ1) is 11.7. The fourth-order valence-corrected chi connectivity index (χ4v) is 2.62. The molecule has 6 nitrogen and oxygen atoms in total. The van der Waals surface area contributed by atoms with E-state index < -0.39 is 5.60 Å². The van der Waals surface area contributed by atoms with E-state index in [4.69, 9.17) is 16.3 Å². The van der Waals surface area contributed by atoms with Crippen molar-refractivity contribution in [2.45, 2.75) is 32.8 Å². The van der Waals surface area contributed by atoms with Crippen LogP contribution in [-0.4, -0.2) is 60.1 Å². The fraction of sp³-hybridized carbons (Fsp3) is 0.556. The number of nitrogens with zero attached hydrogens (tertiary/aromatic N) is 2. The van der Waals surface area contributed by atoms with Gasteiger partial charge in [-0.3, -0.25) is 9.69 Å². The number of hydrogen-bond acceptors (Lipinski definition) is 4. The van der Waals surface area contributed by atoms with Gasteiger partial charge in [-0.15, -0.1) is 0 Å². The number of nitrogens with one attached hydrogen (secondary N) is 1. The molecule has 1 aromatic carbocycles. The van der Waals surface area contributed by atoms with Gasteiger partial charge in [0.15, 0.2) is 0 Å². The van der Waals surface area contributed by atoms with Crippen molar-refractivity contribution >= 4 is 29.3 Å². The number of piperazine rings is 1. The topological polar surface area (TPSA) is 61.9 Å².